The van der Waals surface area contributed by atoms with Crippen molar-refractivity contribution in [2.24, 2.45) is 5.92 Å². The van der Waals surface area contributed by atoms with Crippen molar-refractivity contribution < 1.29 is 0 Å². The molecule has 90 valence electrons. The first-order valence-electron chi connectivity index (χ1n) is 6.43. The molecule has 17 heavy (non-hydrogen) atoms. The molecular formula is C14H19N3. The molecule has 0 unspecified atom stereocenters. The molecule has 1 saturated heterocycles. The molecule has 1 fully saturated rings. The van der Waals surface area contributed by atoms with Gasteiger partial charge >= 0.3 is 0 Å². The van der Waals surface area contributed by atoms with E-state index in [0.717, 1.165) is 24.7 Å². The van der Waals surface area contributed by atoms with Crippen LogP contribution in [-0.2, 0) is 0 Å². The van der Waals surface area contributed by atoms with Crippen molar-refractivity contribution in [2.45, 2.75) is 26.7 Å². The van der Waals surface area contributed by atoms with Crippen LogP contribution in [0.2, 0.25) is 0 Å². The highest BCUT2D eigenvalue weighted by atomic mass is 15.2. The van der Waals surface area contributed by atoms with Crippen molar-refractivity contribution in [3.63, 3.8) is 0 Å². The number of aryl methyl sites for hydroxylation is 1. The number of hydrogen-bond donors (Lipinski definition) is 0. The first kappa shape index (κ1) is 10.6. The predicted molar refractivity (Wildman–Crippen MR) is 70.5 cm³/mol. The maximum Gasteiger partial charge on any atom is 0.138 e. The zero-order valence-corrected chi connectivity index (χ0v) is 10.6. The number of imidazole rings is 1. The highest BCUT2D eigenvalue weighted by Gasteiger charge is 2.18. The Morgan fingerprint density at radius 3 is 2.82 bits per heavy atom. The Bertz CT molecular complexity index is 521. The van der Waals surface area contributed by atoms with E-state index in [2.05, 4.69) is 46.5 Å². The minimum absolute atomic E-state index is 0.868. The van der Waals surface area contributed by atoms with E-state index in [1.165, 1.54) is 24.2 Å². The molecule has 2 aromatic rings. The molecule has 0 saturated carbocycles. The topological polar surface area (TPSA) is 20.5 Å². The van der Waals surface area contributed by atoms with Crippen LogP contribution in [0.3, 0.4) is 0 Å². The van der Waals surface area contributed by atoms with Crippen LogP contribution in [0, 0.1) is 12.8 Å². The molecule has 3 heterocycles. The molecule has 0 spiro atoms. The molecule has 0 N–H and O–H groups in total. The lowest BCUT2D eigenvalue weighted by molar-refractivity contribution is 0.436. The van der Waals surface area contributed by atoms with Crippen LogP contribution in [0.1, 0.15) is 25.3 Å². The Labute approximate surface area is 102 Å². The third-order valence-corrected chi connectivity index (χ3v) is 3.76. The molecular weight excluding hydrogens is 210 g/mol. The molecule has 0 bridgehead atoms. The second kappa shape index (κ2) is 4.06. The van der Waals surface area contributed by atoms with Gasteiger partial charge in [-0.05, 0) is 43.4 Å². The largest absolute Gasteiger partial charge is 0.356 e. The van der Waals surface area contributed by atoms with E-state index in [1.807, 2.05) is 6.20 Å². The zero-order valence-electron chi connectivity index (χ0n) is 10.6. The summed E-state index contributed by atoms with van der Waals surface area (Å²) in [6.07, 6.45) is 6.72. The number of piperidine rings is 1. The third-order valence-electron chi connectivity index (χ3n) is 3.76. The molecule has 3 heteroatoms. The second-order valence-corrected chi connectivity index (χ2v) is 5.22. The van der Waals surface area contributed by atoms with Crippen molar-refractivity contribution in [2.75, 3.05) is 18.0 Å². The van der Waals surface area contributed by atoms with Gasteiger partial charge in [0.15, 0.2) is 0 Å². The average Bonchev–Trinajstić information content (AvgIpc) is 2.73. The zero-order chi connectivity index (χ0) is 11.8. The maximum atomic E-state index is 4.50. The van der Waals surface area contributed by atoms with Crippen LogP contribution < -0.4 is 4.90 Å². The molecule has 0 radical (unpaired) electrons. The highest BCUT2D eigenvalue weighted by Crippen LogP contribution is 2.23. The minimum atomic E-state index is 0.868. The Morgan fingerprint density at radius 2 is 2.06 bits per heavy atom. The molecule has 1 aliphatic heterocycles. The molecule has 3 nitrogen and oxygen atoms in total. The Hall–Kier alpha value is -1.51. The number of aromatic nitrogens is 2. The maximum absolute atomic E-state index is 4.50. The van der Waals surface area contributed by atoms with Gasteiger partial charge in [-0.25, -0.2) is 4.98 Å². The van der Waals surface area contributed by atoms with Gasteiger partial charge in [0.05, 0.1) is 6.20 Å². The van der Waals surface area contributed by atoms with Gasteiger partial charge < -0.3 is 4.90 Å². The van der Waals surface area contributed by atoms with Crippen LogP contribution in [-0.4, -0.2) is 22.5 Å². The minimum Gasteiger partial charge on any atom is -0.356 e. The van der Waals surface area contributed by atoms with E-state index in [0.29, 0.717) is 0 Å². The monoisotopic (exact) mass is 229 g/mol. The summed E-state index contributed by atoms with van der Waals surface area (Å²) in [6, 6.07) is 4.28. The fourth-order valence-corrected chi connectivity index (χ4v) is 2.54. The number of nitrogens with zero attached hydrogens (tertiary/aromatic N) is 3. The van der Waals surface area contributed by atoms with Gasteiger partial charge in [0.1, 0.15) is 11.5 Å². The molecule has 0 atom stereocenters. The van der Waals surface area contributed by atoms with Crippen molar-refractivity contribution in [1.29, 1.82) is 0 Å². The Kier molecular flexibility index (Phi) is 2.54. The van der Waals surface area contributed by atoms with Crippen LogP contribution in [0.4, 0.5) is 5.82 Å². The second-order valence-electron chi connectivity index (χ2n) is 5.22. The number of pyridine rings is 1. The lowest BCUT2D eigenvalue weighted by Crippen LogP contribution is -2.33. The summed E-state index contributed by atoms with van der Waals surface area (Å²) in [4.78, 5) is 6.95. The summed E-state index contributed by atoms with van der Waals surface area (Å²) in [5.74, 6) is 2.11. The lowest BCUT2D eigenvalue weighted by Gasteiger charge is -2.31. The summed E-state index contributed by atoms with van der Waals surface area (Å²) < 4.78 is 2.20. The quantitative estimate of drug-likeness (QED) is 0.749. The normalized spacial score (nSPS) is 17.9. The van der Waals surface area contributed by atoms with Crippen LogP contribution in [0.5, 0.6) is 0 Å². The van der Waals surface area contributed by atoms with Gasteiger partial charge in [0.25, 0.3) is 0 Å². The van der Waals surface area contributed by atoms with Crippen LogP contribution in [0.15, 0.2) is 24.5 Å². The standard InChI is InChI=1S/C14H19N3/c1-11-3-6-16(7-4-11)14-10-15-13-9-12(2)5-8-17(13)14/h5,8-11H,3-4,6-7H2,1-2H3. The number of fused-ring (bicyclic) bond motifs is 1. The van der Waals surface area contributed by atoms with E-state index in [4.69, 9.17) is 0 Å². The molecule has 0 aromatic carbocycles. The lowest BCUT2D eigenvalue weighted by atomic mass is 9.99. The summed E-state index contributed by atoms with van der Waals surface area (Å²) in [7, 11) is 0. The summed E-state index contributed by atoms with van der Waals surface area (Å²) in [5.41, 5.74) is 2.32. The smallest absolute Gasteiger partial charge is 0.138 e. The number of hydrogen-bond acceptors (Lipinski definition) is 2. The van der Waals surface area contributed by atoms with E-state index >= 15 is 0 Å². The van der Waals surface area contributed by atoms with Crippen LogP contribution >= 0.6 is 0 Å². The fraction of sp³-hybridized carbons (Fsp3) is 0.500. The summed E-state index contributed by atoms with van der Waals surface area (Å²) in [5, 5.41) is 0. The van der Waals surface area contributed by atoms with Crippen LogP contribution in [0.25, 0.3) is 5.65 Å². The molecule has 1 aliphatic rings. The molecule has 3 rings (SSSR count). The first-order valence-corrected chi connectivity index (χ1v) is 6.43. The van der Waals surface area contributed by atoms with Gasteiger partial charge in [-0.3, -0.25) is 4.40 Å². The van der Waals surface area contributed by atoms with E-state index in [1.54, 1.807) is 0 Å². The SMILES string of the molecule is Cc1ccn2c(N3CCC(C)CC3)cnc2c1. The Morgan fingerprint density at radius 1 is 1.29 bits per heavy atom. The number of anilines is 1. The summed E-state index contributed by atoms with van der Waals surface area (Å²) in [6.45, 7) is 6.76. The molecule has 2 aromatic heterocycles. The highest BCUT2D eigenvalue weighted by molar-refractivity contribution is 5.53. The average molecular weight is 229 g/mol. The van der Waals surface area contributed by atoms with Gasteiger partial charge in [0, 0.05) is 19.3 Å². The summed E-state index contributed by atoms with van der Waals surface area (Å²) >= 11 is 0. The van der Waals surface area contributed by atoms with E-state index in [9.17, 15) is 0 Å². The first-order chi connectivity index (χ1) is 8.24. The van der Waals surface area contributed by atoms with Gasteiger partial charge in [-0.15, -0.1) is 0 Å². The Balaban J connectivity index is 1.95. The van der Waals surface area contributed by atoms with Crippen molar-refractivity contribution in [3.8, 4) is 0 Å². The molecule has 0 amide bonds. The van der Waals surface area contributed by atoms with Crippen molar-refractivity contribution >= 4 is 11.5 Å². The van der Waals surface area contributed by atoms with E-state index < -0.39 is 0 Å². The van der Waals surface area contributed by atoms with Crippen molar-refractivity contribution in [3.05, 3.63) is 30.1 Å². The number of rotatable bonds is 1. The third kappa shape index (κ3) is 1.90. The predicted octanol–water partition coefficient (Wildman–Crippen LogP) is 2.88. The van der Waals surface area contributed by atoms with Gasteiger partial charge in [-0.1, -0.05) is 6.92 Å². The fourth-order valence-electron chi connectivity index (χ4n) is 2.54. The van der Waals surface area contributed by atoms with Gasteiger partial charge in [0.2, 0.25) is 0 Å². The van der Waals surface area contributed by atoms with E-state index in [-0.39, 0.29) is 0 Å². The van der Waals surface area contributed by atoms with Crippen molar-refractivity contribution in [1.82, 2.24) is 9.38 Å². The molecule has 0 aliphatic carbocycles. The van der Waals surface area contributed by atoms with Gasteiger partial charge in [-0.2, -0.15) is 0 Å².